The van der Waals surface area contributed by atoms with Gasteiger partial charge in [0.05, 0.1) is 38.0 Å². The van der Waals surface area contributed by atoms with Crippen LogP contribution in [0.3, 0.4) is 0 Å². The van der Waals surface area contributed by atoms with Gasteiger partial charge in [-0.25, -0.2) is 14.4 Å². The molecule has 0 heterocycles. The Balaban J connectivity index is 2.08. The number of benzene rings is 3. The number of hydrogen-bond acceptors (Lipinski definition) is 6. The molecule has 3 aromatic carbocycles. The molecule has 0 saturated carbocycles. The van der Waals surface area contributed by atoms with Crippen LogP contribution in [-0.2, 0) is 14.2 Å². The van der Waals surface area contributed by atoms with Gasteiger partial charge in [-0.3, -0.25) is 0 Å². The summed E-state index contributed by atoms with van der Waals surface area (Å²) in [7, 11) is 2.29. The van der Waals surface area contributed by atoms with Crippen LogP contribution in [-0.4, -0.2) is 47.3 Å². The average molecular weight is 675 g/mol. The number of hydrogen-bond donors (Lipinski definition) is 0. The van der Waals surface area contributed by atoms with Gasteiger partial charge in [-0.1, -0.05) is 49.2 Å². The van der Waals surface area contributed by atoms with E-state index < -0.39 is 26.0 Å². The van der Waals surface area contributed by atoms with Crippen molar-refractivity contribution in [2.75, 3.05) is 21.3 Å². The van der Waals surface area contributed by atoms with Crippen molar-refractivity contribution in [2.24, 2.45) is 0 Å². The van der Waals surface area contributed by atoms with Crippen molar-refractivity contribution < 1.29 is 28.6 Å². The molecule has 0 radical (unpaired) electrons. The molecule has 8 heteroatoms. The van der Waals surface area contributed by atoms with E-state index in [-0.39, 0.29) is 5.56 Å². The predicted octanol–water partition coefficient (Wildman–Crippen LogP) is 5.68. The lowest BCUT2D eigenvalue weighted by Gasteiger charge is -2.05. The number of esters is 3. The minimum absolute atomic E-state index is 0.284. The highest BCUT2D eigenvalue weighted by Gasteiger charge is 2.11. The quantitative estimate of drug-likeness (QED) is 0.117. The topological polar surface area (TPSA) is 78.9 Å². The van der Waals surface area contributed by atoms with Crippen molar-refractivity contribution in [2.45, 2.75) is 19.6 Å². The lowest BCUT2D eigenvalue weighted by atomic mass is 10.0. The lowest BCUT2D eigenvalue weighted by molar-refractivity contribution is 0.0591. The third-order valence-corrected chi connectivity index (χ3v) is 6.81. The third kappa shape index (κ3) is 9.39. The van der Waals surface area contributed by atoms with Crippen molar-refractivity contribution >= 4 is 48.6 Å². The summed E-state index contributed by atoms with van der Waals surface area (Å²) in [5, 5.41) is 0. The van der Waals surface area contributed by atoms with Crippen LogP contribution < -0.4 is 0 Å². The van der Waals surface area contributed by atoms with Crippen molar-refractivity contribution in [3.05, 3.63) is 103 Å². The van der Waals surface area contributed by atoms with Crippen LogP contribution in [0, 0.1) is 38.7 Å². The second kappa shape index (κ2) is 13.9. The first-order valence-electron chi connectivity index (χ1n) is 12.3. The minimum Gasteiger partial charge on any atom is -0.465 e. The molecule has 0 aliphatic heterocycles. The van der Waals surface area contributed by atoms with Gasteiger partial charge in [0.15, 0.2) is 0 Å². The van der Waals surface area contributed by atoms with Crippen LogP contribution in [0.25, 0.3) is 0 Å². The van der Waals surface area contributed by atoms with Crippen LogP contribution in [0.1, 0.15) is 58.9 Å². The summed E-state index contributed by atoms with van der Waals surface area (Å²) in [6, 6.07) is 15.3. The molecule has 3 rings (SSSR count). The number of carbonyl (C=O) groups is 3. The van der Waals surface area contributed by atoms with Gasteiger partial charge >= 0.3 is 17.9 Å². The largest absolute Gasteiger partial charge is 0.465 e. The fourth-order valence-corrected chi connectivity index (χ4v) is 4.65. The van der Waals surface area contributed by atoms with Crippen molar-refractivity contribution in [3.8, 4) is 35.1 Å². The second-order valence-electron chi connectivity index (χ2n) is 9.80. The molecular formula is C33H27IO6Si. The van der Waals surface area contributed by atoms with Gasteiger partial charge in [-0.15, -0.1) is 5.54 Å². The zero-order chi connectivity index (χ0) is 30.2. The molecule has 0 atom stereocenters. The average Bonchev–Trinajstić information content (AvgIpc) is 2.95. The van der Waals surface area contributed by atoms with Gasteiger partial charge in [0.25, 0.3) is 0 Å². The molecule has 0 aromatic heterocycles. The van der Waals surface area contributed by atoms with Crippen LogP contribution in [0.15, 0.2) is 54.6 Å². The fraction of sp³-hybridized carbons (Fsp3) is 0.182. The minimum atomic E-state index is -1.65. The molecule has 0 aliphatic rings. The highest BCUT2D eigenvalue weighted by molar-refractivity contribution is 14.1. The van der Waals surface area contributed by atoms with E-state index in [0.29, 0.717) is 38.9 Å². The van der Waals surface area contributed by atoms with Crippen LogP contribution in [0.2, 0.25) is 19.6 Å². The summed E-state index contributed by atoms with van der Waals surface area (Å²) in [5.41, 5.74) is 7.21. The van der Waals surface area contributed by atoms with Crippen LogP contribution in [0.4, 0.5) is 0 Å². The smallest absolute Gasteiger partial charge is 0.337 e. The van der Waals surface area contributed by atoms with E-state index in [4.69, 9.17) is 14.2 Å². The molecule has 3 aromatic rings. The Bertz CT molecular complexity index is 1720. The summed E-state index contributed by atoms with van der Waals surface area (Å²) >= 11 is 2.11. The van der Waals surface area contributed by atoms with E-state index in [9.17, 15) is 14.4 Å². The Morgan fingerprint density at radius 3 is 1.20 bits per heavy atom. The zero-order valence-corrected chi connectivity index (χ0v) is 26.7. The van der Waals surface area contributed by atoms with E-state index in [0.717, 1.165) is 3.57 Å². The number of ether oxygens (including phenoxy) is 3. The zero-order valence-electron chi connectivity index (χ0n) is 23.5. The van der Waals surface area contributed by atoms with Gasteiger partial charge in [-0.05, 0) is 77.2 Å². The first kappa shape index (κ1) is 31.2. The normalized spacial score (nSPS) is 10.0. The summed E-state index contributed by atoms with van der Waals surface area (Å²) in [6.07, 6.45) is 0. The van der Waals surface area contributed by atoms with Gasteiger partial charge < -0.3 is 14.2 Å². The first-order chi connectivity index (χ1) is 19.4. The lowest BCUT2D eigenvalue weighted by Crippen LogP contribution is -2.16. The maximum atomic E-state index is 12.4. The molecule has 6 nitrogen and oxygen atoms in total. The van der Waals surface area contributed by atoms with Crippen LogP contribution >= 0.6 is 22.6 Å². The molecule has 0 unspecified atom stereocenters. The molecule has 0 N–H and O–H groups in total. The van der Waals surface area contributed by atoms with Gasteiger partial charge in [0, 0.05) is 31.4 Å². The van der Waals surface area contributed by atoms with Gasteiger partial charge in [-0.2, -0.15) is 0 Å². The summed E-state index contributed by atoms with van der Waals surface area (Å²) in [5.74, 6) is 13.9. The molecule has 0 aliphatic carbocycles. The van der Waals surface area contributed by atoms with Crippen molar-refractivity contribution in [1.82, 2.24) is 0 Å². The van der Waals surface area contributed by atoms with Crippen molar-refractivity contribution in [3.63, 3.8) is 0 Å². The van der Waals surface area contributed by atoms with E-state index >= 15 is 0 Å². The fourth-order valence-electron chi connectivity index (χ4n) is 3.46. The van der Waals surface area contributed by atoms with E-state index in [1.54, 1.807) is 42.5 Å². The van der Waals surface area contributed by atoms with Gasteiger partial charge in [0.2, 0.25) is 0 Å². The molecule has 0 saturated heterocycles. The van der Waals surface area contributed by atoms with E-state index in [2.05, 4.69) is 77.4 Å². The highest BCUT2D eigenvalue weighted by Crippen LogP contribution is 2.16. The van der Waals surface area contributed by atoms with Gasteiger partial charge in [0.1, 0.15) is 8.07 Å². The molecule has 0 bridgehead atoms. The third-order valence-electron chi connectivity index (χ3n) is 5.31. The number of halogens is 1. The molecule has 0 amide bonds. The maximum Gasteiger partial charge on any atom is 0.337 e. The molecule has 41 heavy (non-hydrogen) atoms. The number of rotatable bonds is 3. The predicted molar refractivity (Wildman–Crippen MR) is 168 cm³/mol. The Morgan fingerprint density at radius 1 is 0.537 bits per heavy atom. The Hall–Kier alpha value is -4.30. The number of methoxy groups -OCH3 is 3. The monoisotopic (exact) mass is 674 g/mol. The Kier molecular flexibility index (Phi) is 10.6. The Morgan fingerprint density at radius 2 is 0.854 bits per heavy atom. The highest BCUT2D eigenvalue weighted by atomic mass is 127. The summed E-state index contributed by atoms with van der Waals surface area (Å²) in [4.78, 5) is 36.6. The molecular weight excluding hydrogens is 647 g/mol. The Labute approximate surface area is 254 Å². The summed E-state index contributed by atoms with van der Waals surface area (Å²) in [6.45, 7) is 6.41. The first-order valence-corrected chi connectivity index (χ1v) is 16.9. The molecule has 206 valence electrons. The number of carbonyl (C=O) groups excluding carboxylic acids is 3. The maximum absolute atomic E-state index is 12.4. The molecule has 0 fully saturated rings. The van der Waals surface area contributed by atoms with Crippen molar-refractivity contribution in [1.29, 1.82) is 0 Å². The van der Waals surface area contributed by atoms with E-state index in [1.165, 1.54) is 21.3 Å². The summed E-state index contributed by atoms with van der Waals surface area (Å²) < 4.78 is 15.5. The standard InChI is InChI=1S/C33H27IO6Si/c1-38-31(35)27-15-22(13-23(16-27)9-10-25-18-29(33(37)40-3)21-30(34)20-25)7-8-24-14-26(11-12-41(4,5)6)19-28(17-24)32(36)39-2/h13-21H,1-6H3. The van der Waals surface area contributed by atoms with Crippen LogP contribution in [0.5, 0.6) is 0 Å². The second-order valence-corrected chi connectivity index (χ2v) is 15.8. The van der Waals surface area contributed by atoms with E-state index in [1.807, 2.05) is 12.1 Å². The SMILES string of the molecule is COC(=O)c1cc(I)cc(C#Cc2cc(C#Cc3cc(C#C[Si](C)(C)C)cc(C(=O)OC)c3)cc(C(=O)OC)c2)c1. The molecule has 0 spiro atoms.